The SMILES string of the molecule is CCCCCC1CCC(C2CCC(C3CCC(C)CC3)C(F)C2F)CC1. The lowest BCUT2D eigenvalue weighted by atomic mass is 9.63. The maximum absolute atomic E-state index is 15.1. The largest absolute Gasteiger partial charge is 0.244 e. The Bertz CT molecular complexity index is 393. The molecule has 0 aromatic rings. The van der Waals surface area contributed by atoms with E-state index in [0.717, 1.165) is 50.4 Å². The second-order valence-electron chi connectivity index (χ2n) is 10.1. The van der Waals surface area contributed by atoms with Gasteiger partial charge in [0, 0.05) is 0 Å². The summed E-state index contributed by atoms with van der Waals surface area (Å²) in [6.07, 6.45) is 14.4. The van der Waals surface area contributed by atoms with Crippen LogP contribution in [0.5, 0.6) is 0 Å². The van der Waals surface area contributed by atoms with Crippen molar-refractivity contribution in [3.8, 4) is 0 Å². The summed E-state index contributed by atoms with van der Waals surface area (Å²) in [6, 6.07) is 0. The molecule has 2 heteroatoms. The predicted molar refractivity (Wildman–Crippen MR) is 107 cm³/mol. The van der Waals surface area contributed by atoms with Crippen LogP contribution in [-0.4, -0.2) is 12.3 Å². The van der Waals surface area contributed by atoms with Crippen LogP contribution < -0.4 is 0 Å². The molecule has 0 aromatic carbocycles. The molecule has 26 heavy (non-hydrogen) atoms. The van der Waals surface area contributed by atoms with Gasteiger partial charge in [0.2, 0.25) is 0 Å². The minimum atomic E-state index is -1.19. The van der Waals surface area contributed by atoms with Crippen LogP contribution in [-0.2, 0) is 0 Å². The summed E-state index contributed by atoms with van der Waals surface area (Å²) in [4.78, 5) is 0. The van der Waals surface area contributed by atoms with Crippen LogP contribution in [0.3, 0.4) is 0 Å². The Kier molecular flexibility index (Phi) is 7.82. The van der Waals surface area contributed by atoms with Gasteiger partial charge < -0.3 is 0 Å². The molecule has 3 aliphatic rings. The standard InChI is InChI=1S/C24H42F2/c1-3-4-5-6-18-9-13-20(14-10-18)22-16-15-21(23(25)24(22)26)19-11-7-17(2)8-12-19/h17-24H,3-16H2,1-2H3. The van der Waals surface area contributed by atoms with Crippen LogP contribution in [0.25, 0.3) is 0 Å². The van der Waals surface area contributed by atoms with E-state index in [2.05, 4.69) is 13.8 Å². The van der Waals surface area contributed by atoms with Gasteiger partial charge in [-0.2, -0.15) is 0 Å². The van der Waals surface area contributed by atoms with Crippen molar-refractivity contribution in [1.29, 1.82) is 0 Å². The second-order valence-corrected chi connectivity index (χ2v) is 10.1. The molecule has 0 saturated heterocycles. The summed E-state index contributed by atoms with van der Waals surface area (Å²) in [5, 5.41) is 0. The van der Waals surface area contributed by atoms with Gasteiger partial charge in [0.1, 0.15) is 12.3 Å². The van der Waals surface area contributed by atoms with Gasteiger partial charge in [-0.1, -0.05) is 65.2 Å². The molecular weight excluding hydrogens is 326 g/mol. The quantitative estimate of drug-likeness (QED) is 0.418. The highest BCUT2D eigenvalue weighted by molar-refractivity contribution is 4.95. The number of halogens is 2. The fourth-order valence-electron chi connectivity index (χ4n) is 6.47. The van der Waals surface area contributed by atoms with E-state index in [-0.39, 0.29) is 11.8 Å². The lowest BCUT2D eigenvalue weighted by Crippen LogP contribution is -2.45. The van der Waals surface area contributed by atoms with E-state index in [1.165, 1.54) is 51.4 Å². The minimum absolute atomic E-state index is 0.0131. The van der Waals surface area contributed by atoms with Crippen molar-refractivity contribution >= 4 is 0 Å². The Morgan fingerprint density at radius 1 is 0.654 bits per heavy atom. The normalized spacial score (nSPS) is 44.8. The van der Waals surface area contributed by atoms with Gasteiger partial charge in [-0.3, -0.25) is 0 Å². The highest BCUT2D eigenvalue weighted by atomic mass is 19.2. The first-order chi connectivity index (χ1) is 12.6. The number of hydrogen-bond donors (Lipinski definition) is 0. The lowest BCUT2D eigenvalue weighted by molar-refractivity contribution is -0.0365. The minimum Gasteiger partial charge on any atom is -0.244 e. The number of alkyl halides is 2. The molecule has 3 aliphatic carbocycles. The summed E-state index contributed by atoms with van der Waals surface area (Å²) in [5.74, 6) is 2.58. The maximum atomic E-state index is 15.1. The molecular formula is C24H42F2. The monoisotopic (exact) mass is 368 g/mol. The zero-order chi connectivity index (χ0) is 18.5. The van der Waals surface area contributed by atoms with E-state index in [4.69, 9.17) is 0 Å². The summed E-state index contributed by atoms with van der Waals surface area (Å²) < 4.78 is 30.1. The van der Waals surface area contributed by atoms with E-state index in [1.807, 2.05) is 0 Å². The van der Waals surface area contributed by atoms with Crippen molar-refractivity contribution in [2.75, 3.05) is 0 Å². The fourth-order valence-corrected chi connectivity index (χ4v) is 6.47. The Balaban J connectivity index is 1.46. The fraction of sp³-hybridized carbons (Fsp3) is 1.00. The zero-order valence-electron chi connectivity index (χ0n) is 17.3. The molecule has 0 radical (unpaired) electrons. The molecule has 0 aliphatic heterocycles. The first kappa shape index (κ1) is 20.6. The highest BCUT2D eigenvalue weighted by Crippen LogP contribution is 2.48. The van der Waals surface area contributed by atoms with E-state index in [9.17, 15) is 0 Å². The highest BCUT2D eigenvalue weighted by Gasteiger charge is 2.46. The van der Waals surface area contributed by atoms with Gasteiger partial charge >= 0.3 is 0 Å². The van der Waals surface area contributed by atoms with Crippen molar-refractivity contribution in [3.63, 3.8) is 0 Å². The molecule has 3 saturated carbocycles. The van der Waals surface area contributed by atoms with Crippen LogP contribution >= 0.6 is 0 Å². The Morgan fingerprint density at radius 2 is 1.15 bits per heavy atom. The third kappa shape index (κ3) is 5.02. The van der Waals surface area contributed by atoms with Gasteiger partial charge in [0.05, 0.1) is 0 Å². The number of unbranched alkanes of at least 4 members (excludes halogenated alkanes) is 2. The van der Waals surface area contributed by atoms with Crippen LogP contribution in [0.1, 0.15) is 104 Å². The van der Waals surface area contributed by atoms with Gasteiger partial charge in [0.25, 0.3) is 0 Å². The van der Waals surface area contributed by atoms with E-state index >= 15 is 8.78 Å². The topological polar surface area (TPSA) is 0 Å². The van der Waals surface area contributed by atoms with Gasteiger partial charge in [-0.25, -0.2) is 8.78 Å². The van der Waals surface area contributed by atoms with Crippen molar-refractivity contribution in [3.05, 3.63) is 0 Å². The summed E-state index contributed by atoms with van der Waals surface area (Å²) >= 11 is 0. The maximum Gasteiger partial charge on any atom is 0.134 e. The van der Waals surface area contributed by atoms with E-state index in [0.29, 0.717) is 11.8 Å². The van der Waals surface area contributed by atoms with Gasteiger partial charge in [-0.15, -0.1) is 0 Å². The number of hydrogen-bond acceptors (Lipinski definition) is 0. The number of rotatable bonds is 6. The zero-order valence-corrected chi connectivity index (χ0v) is 17.3. The van der Waals surface area contributed by atoms with Crippen molar-refractivity contribution in [2.45, 2.75) is 116 Å². The molecule has 0 N–H and O–H groups in total. The molecule has 3 fully saturated rings. The average molecular weight is 369 g/mol. The Labute approximate surface area is 160 Å². The summed E-state index contributed by atoms with van der Waals surface area (Å²) in [7, 11) is 0. The second kappa shape index (κ2) is 9.87. The smallest absolute Gasteiger partial charge is 0.134 e. The predicted octanol–water partition coefficient (Wildman–Crippen LogP) is 7.90. The van der Waals surface area contributed by atoms with E-state index < -0.39 is 12.3 Å². The molecule has 0 heterocycles. The lowest BCUT2D eigenvalue weighted by Gasteiger charge is -2.44. The van der Waals surface area contributed by atoms with Crippen molar-refractivity contribution in [2.24, 2.45) is 35.5 Å². The van der Waals surface area contributed by atoms with Crippen LogP contribution in [0, 0.1) is 35.5 Å². The molecule has 0 amide bonds. The van der Waals surface area contributed by atoms with Gasteiger partial charge in [0.15, 0.2) is 0 Å². The van der Waals surface area contributed by atoms with Crippen LogP contribution in [0.2, 0.25) is 0 Å². The Morgan fingerprint density at radius 3 is 1.65 bits per heavy atom. The van der Waals surface area contributed by atoms with Crippen LogP contribution in [0.4, 0.5) is 8.78 Å². The van der Waals surface area contributed by atoms with Crippen LogP contribution in [0.15, 0.2) is 0 Å². The molecule has 0 aromatic heterocycles. The summed E-state index contributed by atoms with van der Waals surface area (Å²) in [6.45, 7) is 4.56. The van der Waals surface area contributed by atoms with Gasteiger partial charge in [-0.05, 0) is 74.0 Å². The molecule has 3 rings (SSSR count). The third-order valence-electron chi connectivity index (χ3n) is 8.33. The summed E-state index contributed by atoms with van der Waals surface area (Å²) in [5.41, 5.74) is 0. The molecule has 0 bridgehead atoms. The first-order valence-corrected chi connectivity index (χ1v) is 11.9. The average Bonchev–Trinajstić information content (AvgIpc) is 2.66. The molecule has 152 valence electrons. The molecule has 4 unspecified atom stereocenters. The van der Waals surface area contributed by atoms with Crippen molar-refractivity contribution < 1.29 is 8.78 Å². The van der Waals surface area contributed by atoms with E-state index in [1.54, 1.807) is 0 Å². The first-order valence-electron chi connectivity index (χ1n) is 11.9. The molecule has 0 spiro atoms. The third-order valence-corrected chi connectivity index (χ3v) is 8.33. The molecule has 0 nitrogen and oxygen atoms in total. The molecule has 4 atom stereocenters. The van der Waals surface area contributed by atoms with Crippen molar-refractivity contribution in [1.82, 2.24) is 0 Å². The Hall–Kier alpha value is -0.140.